The van der Waals surface area contributed by atoms with Crippen LogP contribution in [0.2, 0.25) is 0 Å². The molecule has 2 N–H and O–H groups in total. The lowest BCUT2D eigenvalue weighted by atomic mass is 10.2. The van der Waals surface area contributed by atoms with Crippen LogP contribution in [0.15, 0.2) is 47.5 Å². The third kappa shape index (κ3) is 2.77. The SMILES string of the molecule is Cc1ccc(NS(=O)(=O)c2ccc[nH]c2=S)cc1. The number of aromatic amines is 1. The molecule has 0 saturated heterocycles. The molecular formula is C12H12N2O2S2. The fourth-order valence-electron chi connectivity index (χ4n) is 1.45. The molecule has 18 heavy (non-hydrogen) atoms. The molecule has 2 aromatic rings. The molecule has 0 spiro atoms. The lowest BCUT2D eigenvalue weighted by molar-refractivity contribution is 0.600. The molecule has 1 heterocycles. The third-order valence-corrected chi connectivity index (χ3v) is 4.27. The van der Waals surface area contributed by atoms with Crippen molar-refractivity contribution < 1.29 is 8.42 Å². The van der Waals surface area contributed by atoms with Gasteiger partial charge in [0.2, 0.25) is 0 Å². The van der Waals surface area contributed by atoms with Crippen LogP contribution in [0.25, 0.3) is 0 Å². The molecule has 0 aliphatic heterocycles. The first-order chi connectivity index (χ1) is 8.49. The predicted octanol–water partition coefficient (Wildman–Crippen LogP) is 2.85. The molecule has 0 unspecified atom stereocenters. The number of nitrogens with one attached hydrogen (secondary N) is 2. The van der Waals surface area contributed by atoms with Gasteiger partial charge in [0.15, 0.2) is 0 Å². The van der Waals surface area contributed by atoms with Gasteiger partial charge in [0, 0.05) is 11.9 Å². The number of sulfonamides is 1. The molecule has 0 atom stereocenters. The fourth-order valence-corrected chi connectivity index (χ4v) is 3.03. The average molecular weight is 280 g/mol. The Labute approximate surface area is 111 Å². The summed E-state index contributed by atoms with van der Waals surface area (Å²) in [4.78, 5) is 2.77. The number of benzene rings is 1. The van der Waals surface area contributed by atoms with Gasteiger partial charge in [-0.15, -0.1) is 0 Å². The Morgan fingerprint density at radius 3 is 2.44 bits per heavy atom. The highest BCUT2D eigenvalue weighted by atomic mass is 32.2. The third-order valence-electron chi connectivity index (χ3n) is 2.38. The molecule has 94 valence electrons. The summed E-state index contributed by atoms with van der Waals surface area (Å²) in [5, 5.41) is 0. The number of pyridine rings is 1. The molecule has 0 bridgehead atoms. The second-order valence-corrected chi connectivity index (χ2v) is 5.89. The Bertz CT molecular complexity index is 703. The van der Waals surface area contributed by atoms with Crippen molar-refractivity contribution in [2.24, 2.45) is 0 Å². The van der Waals surface area contributed by atoms with Gasteiger partial charge in [-0.05, 0) is 31.2 Å². The summed E-state index contributed by atoms with van der Waals surface area (Å²) in [6, 6.07) is 10.2. The molecule has 0 radical (unpaired) electrons. The highest BCUT2D eigenvalue weighted by Crippen LogP contribution is 2.16. The van der Waals surface area contributed by atoms with Crippen molar-refractivity contribution in [3.63, 3.8) is 0 Å². The molecule has 0 amide bonds. The van der Waals surface area contributed by atoms with E-state index in [2.05, 4.69) is 9.71 Å². The highest BCUT2D eigenvalue weighted by Gasteiger charge is 2.15. The van der Waals surface area contributed by atoms with Crippen molar-refractivity contribution in [2.45, 2.75) is 11.8 Å². The maximum atomic E-state index is 12.1. The predicted molar refractivity (Wildman–Crippen MR) is 73.6 cm³/mol. The van der Waals surface area contributed by atoms with Crippen LogP contribution >= 0.6 is 12.2 Å². The van der Waals surface area contributed by atoms with Gasteiger partial charge in [-0.3, -0.25) is 4.72 Å². The second kappa shape index (κ2) is 4.91. The summed E-state index contributed by atoms with van der Waals surface area (Å²) in [6.07, 6.45) is 1.59. The molecule has 2 rings (SSSR count). The molecule has 0 saturated carbocycles. The minimum Gasteiger partial charge on any atom is -0.352 e. The standard InChI is InChI=1S/C12H12N2O2S2/c1-9-4-6-10(7-5-9)14-18(15,16)11-3-2-8-13-12(11)17/h2-8,14H,1H3,(H,13,17). The largest absolute Gasteiger partial charge is 0.352 e. The van der Waals surface area contributed by atoms with Gasteiger partial charge in [-0.25, -0.2) is 8.42 Å². The van der Waals surface area contributed by atoms with E-state index in [0.717, 1.165) is 5.56 Å². The van der Waals surface area contributed by atoms with E-state index in [0.29, 0.717) is 5.69 Å². The first-order valence-electron chi connectivity index (χ1n) is 5.26. The monoisotopic (exact) mass is 280 g/mol. The van der Waals surface area contributed by atoms with Gasteiger partial charge in [0.25, 0.3) is 10.0 Å². The number of hydrogen-bond donors (Lipinski definition) is 2. The van der Waals surface area contributed by atoms with E-state index in [4.69, 9.17) is 12.2 Å². The van der Waals surface area contributed by atoms with Crippen molar-refractivity contribution >= 4 is 27.9 Å². The summed E-state index contributed by atoms with van der Waals surface area (Å²) < 4.78 is 26.9. The van der Waals surface area contributed by atoms with E-state index in [1.807, 2.05) is 19.1 Å². The summed E-state index contributed by atoms with van der Waals surface area (Å²) in [5.74, 6) is 0. The van der Waals surface area contributed by atoms with Crippen molar-refractivity contribution in [2.75, 3.05) is 4.72 Å². The van der Waals surface area contributed by atoms with E-state index < -0.39 is 10.0 Å². The number of rotatable bonds is 3. The highest BCUT2D eigenvalue weighted by molar-refractivity contribution is 7.93. The molecule has 0 fully saturated rings. The normalized spacial score (nSPS) is 11.2. The van der Waals surface area contributed by atoms with E-state index in [1.165, 1.54) is 6.07 Å². The summed E-state index contributed by atoms with van der Waals surface area (Å²) in [7, 11) is -3.64. The van der Waals surface area contributed by atoms with E-state index in [-0.39, 0.29) is 9.54 Å². The molecule has 0 aliphatic rings. The molecule has 0 aliphatic carbocycles. The molecule has 6 heteroatoms. The fraction of sp³-hybridized carbons (Fsp3) is 0.0833. The number of H-pyrrole nitrogens is 1. The van der Waals surface area contributed by atoms with Gasteiger partial charge >= 0.3 is 0 Å². The second-order valence-electron chi connectivity index (χ2n) is 3.84. The van der Waals surface area contributed by atoms with Gasteiger partial charge in [-0.1, -0.05) is 29.9 Å². The lowest BCUT2D eigenvalue weighted by Gasteiger charge is -2.08. The number of anilines is 1. The Hall–Kier alpha value is -1.66. The van der Waals surface area contributed by atoms with Crippen LogP contribution in [0.3, 0.4) is 0 Å². The van der Waals surface area contributed by atoms with Crippen molar-refractivity contribution in [3.05, 3.63) is 52.8 Å². The van der Waals surface area contributed by atoms with Crippen LogP contribution < -0.4 is 4.72 Å². The van der Waals surface area contributed by atoms with Crippen LogP contribution in [-0.4, -0.2) is 13.4 Å². The van der Waals surface area contributed by atoms with Crippen LogP contribution in [-0.2, 0) is 10.0 Å². The molecule has 1 aromatic carbocycles. The summed E-state index contributed by atoms with van der Waals surface area (Å²) in [6.45, 7) is 1.94. The van der Waals surface area contributed by atoms with E-state index in [9.17, 15) is 8.42 Å². The minimum atomic E-state index is -3.64. The summed E-state index contributed by atoms with van der Waals surface area (Å²) >= 11 is 4.96. The number of hydrogen-bond acceptors (Lipinski definition) is 3. The zero-order chi connectivity index (χ0) is 13.2. The lowest BCUT2D eigenvalue weighted by Crippen LogP contribution is -2.13. The minimum absolute atomic E-state index is 0.0700. The first kappa shape index (κ1) is 12.8. The van der Waals surface area contributed by atoms with Gasteiger partial charge in [0.1, 0.15) is 9.54 Å². The van der Waals surface area contributed by atoms with Gasteiger partial charge in [-0.2, -0.15) is 0 Å². The maximum Gasteiger partial charge on any atom is 0.264 e. The topological polar surface area (TPSA) is 62.0 Å². The maximum absolute atomic E-state index is 12.1. The Morgan fingerprint density at radius 2 is 1.83 bits per heavy atom. The first-order valence-corrected chi connectivity index (χ1v) is 7.15. The molecule has 4 nitrogen and oxygen atoms in total. The zero-order valence-electron chi connectivity index (χ0n) is 9.67. The Kier molecular flexibility index (Phi) is 3.49. The van der Waals surface area contributed by atoms with Crippen LogP contribution in [0.1, 0.15) is 5.56 Å². The van der Waals surface area contributed by atoms with Crippen LogP contribution in [0.5, 0.6) is 0 Å². The van der Waals surface area contributed by atoms with Crippen molar-refractivity contribution in [1.29, 1.82) is 0 Å². The van der Waals surface area contributed by atoms with E-state index in [1.54, 1.807) is 24.4 Å². The molecular weight excluding hydrogens is 268 g/mol. The molecule has 1 aromatic heterocycles. The zero-order valence-corrected chi connectivity index (χ0v) is 11.3. The Balaban J connectivity index is 2.36. The number of aromatic nitrogens is 1. The van der Waals surface area contributed by atoms with Gasteiger partial charge < -0.3 is 4.98 Å². The van der Waals surface area contributed by atoms with Crippen LogP contribution in [0, 0.1) is 11.6 Å². The summed E-state index contributed by atoms with van der Waals surface area (Å²) in [5.41, 5.74) is 1.58. The Morgan fingerprint density at radius 1 is 1.17 bits per heavy atom. The average Bonchev–Trinajstić information content (AvgIpc) is 2.32. The van der Waals surface area contributed by atoms with Crippen LogP contribution in [0.4, 0.5) is 5.69 Å². The quantitative estimate of drug-likeness (QED) is 0.850. The van der Waals surface area contributed by atoms with Gasteiger partial charge in [0.05, 0.1) is 0 Å². The van der Waals surface area contributed by atoms with Crippen molar-refractivity contribution in [1.82, 2.24) is 4.98 Å². The smallest absolute Gasteiger partial charge is 0.264 e. The van der Waals surface area contributed by atoms with E-state index >= 15 is 0 Å². The van der Waals surface area contributed by atoms with Crippen molar-refractivity contribution in [3.8, 4) is 0 Å². The number of aryl methyl sites for hydroxylation is 1.